The lowest BCUT2D eigenvalue weighted by Crippen LogP contribution is -2.50. The first-order valence-corrected chi connectivity index (χ1v) is 14.9. The van der Waals surface area contributed by atoms with Crippen LogP contribution in [0, 0.1) is 11.6 Å². The fourth-order valence-electron chi connectivity index (χ4n) is 5.46. The Labute approximate surface area is 229 Å². The number of sulfone groups is 1. The molecule has 0 N–H and O–H groups in total. The fraction of sp³-hybridized carbons (Fsp3) is 0.250. The van der Waals surface area contributed by atoms with E-state index in [0.29, 0.717) is 26.2 Å². The minimum Gasteiger partial charge on any atom is -0.289 e. The molecule has 0 bridgehead atoms. The third-order valence-electron chi connectivity index (χ3n) is 7.24. The van der Waals surface area contributed by atoms with Gasteiger partial charge in [-0.05, 0) is 46.5 Å². The van der Waals surface area contributed by atoms with Gasteiger partial charge in [0.15, 0.2) is 9.84 Å². The van der Waals surface area contributed by atoms with Crippen LogP contribution in [-0.2, 0) is 36.0 Å². The summed E-state index contributed by atoms with van der Waals surface area (Å²) in [5, 5.41) is 0. The highest BCUT2D eigenvalue weighted by molar-refractivity contribution is 7.91. The van der Waals surface area contributed by atoms with E-state index in [9.17, 15) is 17.2 Å². The van der Waals surface area contributed by atoms with Gasteiger partial charge in [0.2, 0.25) is 0 Å². The smallest absolute Gasteiger partial charge is 0.153 e. The van der Waals surface area contributed by atoms with E-state index in [4.69, 9.17) is 0 Å². The van der Waals surface area contributed by atoms with Crippen molar-refractivity contribution in [2.75, 3.05) is 11.5 Å². The lowest BCUT2D eigenvalue weighted by Gasteiger charge is -2.38. The molecule has 0 aliphatic carbocycles. The predicted octanol–water partition coefficient (Wildman–Crippen LogP) is 5.84. The van der Waals surface area contributed by atoms with Crippen molar-refractivity contribution in [1.82, 2.24) is 9.80 Å². The van der Waals surface area contributed by atoms with Crippen LogP contribution in [0.5, 0.6) is 0 Å². The van der Waals surface area contributed by atoms with Crippen molar-refractivity contribution >= 4 is 9.84 Å². The molecule has 2 atom stereocenters. The van der Waals surface area contributed by atoms with Gasteiger partial charge in [0, 0.05) is 38.3 Å². The van der Waals surface area contributed by atoms with Crippen molar-refractivity contribution < 1.29 is 17.2 Å². The first kappa shape index (κ1) is 27.2. The van der Waals surface area contributed by atoms with Gasteiger partial charge in [0.1, 0.15) is 11.6 Å². The standard InChI is InChI=1S/C32H32F2N2O2S/c33-29-15-7-13-27(17-29)21-35(19-25-9-3-1-4-10-25)31-23-39(37,38)24-32(31)36(20-26-11-5-2-6-12-26)22-28-14-8-16-30(34)18-28/h1-18,31-32H,19-24H2/t31-,32+. The second-order valence-electron chi connectivity index (χ2n) is 10.3. The van der Waals surface area contributed by atoms with Crippen LogP contribution in [0.15, 0.2) is 109 Å². The Kier molecular flexibility index (Phi) is 8.50. The largest absolute Gasteiger partial charge is 0.289 e. The van der Waals surface area contributed by atoms with Crippen molar-refractivity contribution in [3.05, 3.63) is 143 Å². The van der Waals surface area contributed by atoms with E-state index >= 15 is 0 Å². The van der Waals surface area contributed by atoms with Crippen LogP contribution in [-0.4, -0.2) is 41.8 Å². The zero-order valence-electron chi connectivity index (χ0n) is 21.7. The molecule has 0 unspecified atom stereocenters. The molecule has 5 rings (SSSR count). The Morgan fingerprint density at radius 3 is 1.28 bits per heavy atom. The summed E-state index contributed by atoms with van der Waals surface area (Å²) in [5.41, 5.74) is 3.68. The quantitative estimate of drug-likeness (QED) is 0.251. The average molecular weight is 547 g/mol. The van der Waals surface area contributed by atoms with Gasteiger partial charge >= 0.3 is 0 Å². The van der Waals surface area contributed by atoms with Crippen LogP contribution in [0.3, 0.4) is 0 Å². The zero-order valence-corrected chi connectivity index (χ0v) is 22.5. The molecule has 0 radical (unpaired) electrons. The van der Waals surface area contributed by atoms with Crippen molar-refractivity contribution in [1.29, 1.82) is 0 Å². The number of halogens is 2. The van der Waals surface area contributed by atoms with E-state index in [-0.39, 0.29) is 35.2 Å². The van der Waals surface area contributed by atoms with Crippen molar-refractivity contribution in [3.63, 3.8) is 0 Å². The van der Waals surface area contributed by atoms with Crippen molar-refractivity contribution in [2.45, 2.75) is 38.3 Å². The highest BCUT2D eigenvalue weighted by Gasteiger charge is 2.44. The molecule has 1 heterocycles. The molecule has 0 saturated carbocycles. The van der Waals surface area contributed by atoms with Crippen molar-refractivity contribution in [3.8, 4) is 0 Å². The topological polar surface area (TPSA) is 40.6 Å². The summed E-state index contributed by atoms with van der Waals surface area (Å²) in [7, 11) is -3.35. The summed E-state index contributed by atoms with van der Waals surface area (Å²) >= 11 is 0. The normalized spacial score (nSPS) is 18.6. The Hall–Kier alpha value is -3.39. The number of nitrogens with zero attached hydrogens (tertiary/aromatic N) is 2. The summed E-state index contributed by atoms with van der Waals surface area (Å²) in [5.74, 6) is -0.623. The molecular weight excluding hydrogens is 514 g/mol. The molecule has 39 heavy (non-hydrogen) atoms. The molecule has 4 aromatic carbocycles. The predicted molar refractivity (Wildman–Crippen MR) is 150 cm³/mol. The molecule has 4 aromatic rings. The fourth-order valence-corrected chi connectivity index (χ4v) is 7.51. The van der Waals surface area contributed by atoms with Crippen LogP contribution in [0.25, 0.3) is 0 Å². The minimum absolute atomic E-state index is 0.00819. The van der Waals surface area contributed by atoms with Gasteiger partial charge < -0.3 is 0 Å². The Morgan fingerprint density at radius 1 is 0.538 bits per heavy atom. The van der Waals surface area contributed by atoms with Crippen LogP contribution < -0.4 is 0 Å². The molecule has 1 aliphatic heterocycles. The van der Waals surface area contributed by atoms with Crippen LogP contribution in [0.2, 0.25) is 0 Å². The molecule has 1 fully saturated rings. The first-order valence-electron chi connectivity index (χ1n) is 13.1. The van der Waals surface area contributed by atoms with Crippen molar-refractivity contribution in [2.24, 2.45) is 0 Å². The average Bonchev–Trinajstić information content (AvgIpc) is 3.24. The lowest BCUT2D eigenvalue weighted by atomic mass is 10.0. The SMILES string of the molecule is O=S1(=O)C[C@@H](N(Cc2ccccc2)Cc2cccc(F)c2)[C@@H](N(Cc2ccccc2)Cc2cccc(F)c2)C1. The molecule has 4 nitrogen and oxygen atoms in total. The van der Waals surface area contributed by atoms with Crippen LogP contribution >= 0.6 is 0 Å². The zero-order chi connectivity index (χ0) is 27.2. The van der Waals surface area contributed by atoms with E-state index in [2.05, 4.69) is 9.80 Å². The van der Waals surface area contributed by atoms with E-state index < -0.39 is 9.84 Å². The van der Waals surface area contributed by atoms with Gasteiger partial charge in [-0.3, -0.25) is 9.80 Å². The van der Waals surface area contributed by atoms with Gasteiger partial charge in [-0.25, -0.2) is 17.2 Å². The summed E-state index contributed by atoms with van der Waals surface area (Å²) < 4.78 is 54.6. The molecule has 1 aliphatic rings. The number of hydrogen-bond donors (Lipinski definition) is 0. The summed E-state index contributed by atoms with van der Waals surface area (Å²) in [6, 6.07) is 32.1. The highest BCUT2D eigenvalue weighted by Crippen LogP contribution is 2.29. The maximum absolute atomic E-state index is 14.1. The summed E-state index contributed by atoms with van der Waals surface area (Å²) in [6.45, 7) is 1.85. The van der Waals surface area contributed by atoms with Gasteiger partial charge in [-0.2, -0.15) is 0 Å². The second-order valence-corrected chi connectivity index (χ2v) is 12.4. The molecule has 1 saturated heterocycles. The van der Waals surface area contributed by atoms with Gasteiger partial charge in [-0.15, -0.1) is 0 Å². The maximum atomic E-state index is 14.1. The molecule has 0 aromatic heterocycles. The van der Waals surface area contributed by atoms with E-state index in [1.54, 1.807) is 12.1 Å². The number of hydrogen-bond acceptors (Lipinski definition) is 4. The minimum atomic E-state index is -3.35. The van der Waals surface area contributed by atoms with Gasteiger partial charge in [0.05, 0.1) is 11.5 Å². The molecular formula is C32H32F2N2O2S. The molecule has 0 spiro atoms. The molecule has 0 amide bonds. The second kappa shape index (κ2) is 12.2. The highest BCUT2D eigenvalue weighted by atomic mass is 32.2. The maximum Gasteiger partial charge on any atom is 0.153 e. The third kappa shape index (κ3) is 7.38. The van der Waals surface area contributed by atoms with Crippen LogP contribution in [0.4, 0.5) is 8.78 Å². The third-order valence-corrected chi connectivity index (χ3v) is 8.94. The monoisotopic (exact) mass is 546 g/mol. The Bertz CT molecular complexity index is 1380. The Balaban J connectivity index is 1.52. The van der Waals surface area contributed by atoms with Gasteiger partial charge in [0.25, 0.3) is 0 Å². The summed E-state index contributed by atoms with van der Waals surface area (Å²) in [6.07, 6.45) is 0. The van der Waals surface area contributed by atoms with E-state index in [1.807, 2.05) is 72.8 Å². The number of benzene rings is 4. The van der Waals surface area contributed by atoms with E-state index in [0.717, 1.165) is 22.3 Å². The molecule has 202 valence electrons. The first-order chi connectivity index (χ1) is 18.8. The Morgan fingerprint density at radius 2 is 0.897 bits per heavy atom. The van der Waals surface area contributed by atoms with Gasteiger partial charge in [-0.1, -0.05) is 84.9 Å². The van der Waals surface area contributed by atoms with Crippen LogP contribution in [0.1, 0.15) is 22.3 Å². The molecule has 7 heteroatoms. The lowest BCUT2D eigenvalue weighted by molar-refractivity contribution is 0.0862. The van der Waals surface area contributed by atoms with E-state index in [1.165, 1.54) is 24.3 Å². The number of rotatable bonds is 10. The summed E-state index contributed by atoms with van der Waals surface area (Å²) in [4.78, 5) is 4.31.